The van der Waals surface area contributed by atoms with Crippen LogP contribution in [0.15, 0.2) is 29.8 Å². The highest BCUT2D eigenvalue weighted by Crippen LogP contribution is 2.22. The van der Waals surface area contributed by atoms with Gasteiger partial charge in [0.1, 0.15) is 5.01 Å². The summed E-state index contributed by atoms with van der Waals surface area (Å²) in [6, 6.07) is 5.78. The Morgan fingerprint density at radius 3 is 3.17 bits per heavy atom. The van der Waals surface area contributed by atoms with E-state index in [9.17, 15) is 4.79 Å². The summed E-state index contributed by atoms with van der Waals surface area (Å²) >= 11 is 1.55. The fraction of sp³-hybridized carbons (Fsp3) is 0.471. The summed E-state index contributed by atoms with van der Waals surface area (Å²) in [6.07, 6.45) is 4.44. The van der Waals surface area contributed by atoms with Crippen molar-refractivity contribution in [1.29, 1.82) is 0 Å². The second-order valence-electron chi connectivity index (χ2n) is 5.94. The predicted octanol–water partition coefficient (Wildman–Crippen LogP) is 2.21. The minimum atomic E-state index is 0.184. The van der Waals surface area contributed by atoms with Gasteiger partial charge in [0, 0.05) is 24.7 Å². The number of likely N-dealkylation sites (tertiary alicyclic amines) is 1. The van der Waals surface area contributed by atoms with Gasteiger partial charge in [-0.15, -0.1) is 11.3 Å². The first-order chi connectivity index (χ1) is 11.3. The van der Waals surface area contributed by atoms with Gasteiger partial charge in [-0.3, -0.25) is 9.78 Å². The van der Waals surface area contributed by atoms with Crippen molar-refractivity contribution in [1.82, 2.24) is 20.2 Å². The zero-order chi connectivity index (χ0) is 16.1. The number of hydrogen-bond donors (Lipinski definition) is 1. The van der Waals surface area contributed by atoms with E-state index in [4.69, 9.17) is 0 Å². The molecule has 0 radical (unpaired) electrons. The maximum Gasteiger partial charge on any atom is 0.228 e. The van der Waals surface area contributed by atoms with E-state index in [0.29, 0.717) is 12.3 Å². The van der Waals surface area contributed by atoms with E-state index in [2.05, 4.69) is 15.3 Å². The second kappa shape index (κ2) is 7.66. The molecule has 23 heavy (non-hydrogen) atoms. The maximum atomic E-state index is 12.5. The fourth-order valence-electron chi connectivity index (χ4n) is 3.01. The van der Waals surface area contributed by atoms with E-state index in [1.165, 1.54) is 6.42 Å². The van der Waals surface area contributed by atoms with Crippen molar-refractivity contribution in [2.75, 3.05) is 26.7 Å². The van der Waals surface area contributed by atoms with Gasteiger partial charge in [-0.25, -0.2) is 4.98 Å². The number of rotatable bonds is 5. The lowest BCUT2D eigenvalue weighted by Gasteiger charge is -2.32. The molecule has 1 amide bonds. The largest absolute Gasteiger partial charge is 0.342 e. The minimum absolute atomic E-state index is 0.184. The lowest BCUT2D eigenvalue weighted by atomic mass is 9.98. The zero-order valence-electron chi connectivity index (χ0n) is 13.4. The van der Waals surface area contributed by atoms with Gasteiger partial charge < -0.3 is 10.2 Å². The van der Waals surface area contributed by atoms with Crippen LogP contribution in [0.3, 0.4) is 0 Å². The van der Waals surface area contributed by atoms with Gasteiger partial charge >= 0.3 is 0 Å². The molecule has 0 saturated carbocycles. The van der Waals surface area contributed by atoms with Crippen LogP contribution in [0.1, 0.15) is 18.5 Å². The first-order valence-electron chi connectivity index (χ1n) is 8.04. The molecule has 1 saturated heterocycles. The summed E-state index contributed by atoms with van der Waals surface area (Å²) in [7, 11) is 1.97. The molecule has 6 heteroatoms. The first-order valence-corrected chi connectivity index (χ1v) is 8.92. The maximum absolute atomic E-state index is 12.5. The van der Waals surface area contributed by atoms with Gasteiger partial charge in [-0.1, -0.05) is 6.07 Å². The van der Waals surface area contributed by atoms with Gasteiger partial charge in [0.2, 0.25) is 5.91 Å². The molecule has 5 nitrogen and oxygen atoms in total. The third kappa shape index (κ3) is 4.14. The van der Waals surface area contributed by atoms with Crippen molar-refractivity contribution in [3.05, 3.63) is 35.5 Å². The Labute approximate surface area is 140 Å². The van der Waals surface area contributed by atoms with E-state index < -0.39 is 0 Å². The van der Waals surface area contributed by atoms with Crippen LogP contribution in [0, 0.1) is 5.92 Å². The molecule has 1 unspecified atom stereocenters. The molecule has 2 aromatic heterocycles. The van der Waals surface area contributed by atoms with Crippen molar-refractivity contribution in [3.8, 4) is 10.7 Å². The van der Waals surface area contributed by atoms with Crippen molar-refractivity contribution in [2.45, 2.75) is 19.3 Å². The van der Waals surface area contributed by atoms with Crippen LogP contribution >= 0.6 is 11.3 Å². The quantitative estimate of drug-likeness (QED) is 0.913. The van der Waals surface area contributed by atoms with Gasteiger partial charge in [-0.2, -0.15) is 0 Å². The van der Waals surface area contributed by atoms with Crippen LogP contribution in [-0.2, 0) is 11.2 Å². The fourth-order valence-corrected chi connectivity index (χ4v) is 3.80. The molecule has 1 aliphatic rings. The van der Waals surface area contributed by atoms with Crippen molar-refractivity contribution in [2.24, 2.45) is 5.92 Å². The number of carbonyl (C=O) groups excluding carboxylic acids is 1. The third-order valence-corrected chi connectivity index (χ3v) is 5.05. The molecular weight excluding hydrogens is 308 g/mol. The Hall–Kier alpha value is -1.79. The number of piperidine rings is 1. The molecule has 122 valence electrons. The molecule has 3 rings (SSSR count). The average molecular weight is 330 g/mol. The van der Waals surface area contributed by atoms with Gasteiger partial charge in [0.05, 0.1) is 17.8 Å². The highest BCUT2D eigenvalue weighted by Gasteiger charge is 2.23. The molecule has 2 aromatic rings. The average Bonchev–Trinajstić information content (AvgIpc) is 3.05. The molecule has 1 fully saturated rings. The molecule has 1 atom stereocenters. The van der Waals surface area contributed by atoms with E-state index >= 15 is 0 Å². The van der Waals surface area contributed by atoms with Crippen LogP contribution in [0.5, 0.6) is 0 Å². The molecule has 0 aromatic carbocycles. The van der Waals surface area contributed by atoms with Crippen LogP contribution in [0.2, 0.25) is 0 Å². The van der Waals surface area contributed by atoms with Crippen LogP contribution in [0.4, 0.5) is 0 Å². The monoisotopic (exact) mass is 330 g/mol. The number of nitrogens with zero attached hydrogens (tertiary/aromatic N) is 3. The van der Waals surface area contributed by atoms with E-state index in [-0.39, 0.29) is 5.91 Å². The number of nitrogens with one attached hydrogen (secondary N) is 1. The minimum Gasteiger partial charge on any atom is -0.342 e. The molecular formula is C17H22N4OS. The lowest BCUT2D eigenvalue weighted by Crippen LogP contribution is -2.43. The summed E-state index contributed by atoms with van der Waals surface area (Å²) in [5.41, 5.74) is 1.71. The van der Waals surface area contributed by atoms with Crippen LogP contribution in [0.25, 0.3) is 10.7 Å². The Morgan fingerprint density at radius 1 is 1.48 bits per heavy atom. The highest BCUT2D eigenvalue weighted by molar-refractivity contribution is 7.13. The normalized spacial score (nSPS) is 18.1. The van der Waals surface area contributed by atoms with Gasteiger partial charge in [0.15, 0.2) is 0 Å². The second-order valence-corrected chi connectivity index (χ2v) is 6.80. The highest BCUT2D eigenvalue weighted by atomic mass is 32.1. The molecule has 3 heterocycles. The van der Waals surface area contributed by atoms with E-state index in [1.54, 1.807) is 17.5 Å². The number of thiazole rings is 1. The molecule has 0 bridgehead atoms. The molecule has 0 aliphatic carbocycles. The van der Waals surface area contributed by atoms with Crippen LogP contribution in [-0.4, -0.2) is 47.5 Å². The molecule has 1 aliphatic heterocycles. The summed E-state index contributed by atoms with van der Waals surface area (Å²) in [4.78, 5) is 23.4. The summed E-state index contributed by atoms with van der Waals surface area (Å²) in [6.45, 7) is 2.71. The van der Waals surface area contributed by atoms with Crippen LogP contribution < -0.4 is 5.32 Å². The number of hydrogen-bond acceptors (Lipinski definition) is 5. The Bertz CT molecular complexity index is 641. The topological polar surface area (TPSA) is 58.1 Å². The van der Waals surface area contributed by atoms with Crippen molar-refractivity contribution < 1.29 is 4.79 Å². The van der Waals surface area contributed by atoms with Crippen molar-refractivity contribution in [3.63, 3.8) is 0 Å². The third-order valence-electron chi connectivity index (χ3n) is 4.13. The number of carbonyl (C=O) groups is 1. The Balaban J connectivity index is 1.61. The number of aromatic nitrogens is 2. The Morgan fingerprint density at radius 2 is 2.39 bits per heavy atom. The molecule has 0 spiro atoms. The lowest BCUT2D eigenvalue weighted by molar-refractivity contribution is -0.132. The standard InChI is InChI=1S/C17H22N4OS/c1-18-10-13-5-4-8-21(11-13)16(22)9-14-12-23-17(20-14)15-6-2-3-7-19-15/h2-3,6-7,12-13,18H,4-5,8-11H2,1H3. The number of amides is 1. The first kappa shape index (κ1) is 16.1. The van der Waals surface area contributed by atoms with Crippen molar-refractivity contribution >= 4 is 17.2 Å². The summed E-state index contributed by atoms with van der Waals surface area (Å²) < 4.78 is 0. The van der Waals surface area contributed by atoms with E-state index in [0.717, 1.165) is 42.5 Å². The van der Waals surface area contributed by atoms with Gasteiger partial charge in [0.25, 0.3) is 0 Å². The summed E-state index contributed by atoms with van der Waals surface area (Å²) in [5.74, 6) is 0.751. The summed E-state index contributed by atoms with van der Waals surface area (Å²) in [5, 5.41) is 6.06. The van der Waals surface area contributed by atoms with E-state index in [1.807, 2.05) is 35.5 Å². The SMILES string of the molecule is CNCC1CCCN(C(=O)Cc2csc(-c3ccccn3)n2)C1. The smallest absolute Gasteiger partial charge is 0.228 e. The molecule has 1 N–H and O–H groups in total. The van der Waals surface area contributed by atoms with Gasteiger partial charge in [-0.05, 0) is 44.5 Å². The number of pyridine rings is 1. The zero-order valence-corrected chi connectivity index (χ0v) is 14.2. The predicted molar refractivity (Wildman–Crippen MR) is 92.3 cm³/mol. The Kier molecular flexibility index (Phi) is 5.35.